The summed E-state index contributed by atoms with van der Waals surface area (Å²) >= 11 is 1.80. The molecule has 25 heavy (non-hydrogen) atoms. The molecular weight excluding hydrogens is 334 g/mol. The molecular formula is C19H19N3O2S. The average molecular weight is 353 g/mol. The van der Waals surface area contributed by atoms with Gasteiger partial charge in [0.1, 0.15) is 0 Å². The van der Waals surface area contributed by atoms with Crippen LogP contribution >= 0.6 is 11.3 Å². The Hall–Kier alpha value is -2.31. The topological polar surface area (TPSA) is 59.3 Å². The van der Waals surface area contributed by atoms with Gasteiger partial charge >= 0.3 is 0 Å². The van der Waals surface area contributed by atoms with Crippen LogP contribution in [0.1, 0.15) is 29.3 Å². The fraction of sp³-hybridized carbons (Fsp3) is 0.316. The van der Waals surface area contributed by atoms with Crippen LogP contribution in [-0.2, 0) is 6.54 Å². The summed E-state index contributed by atoms with van der Waals surface area (Å²) < 4.78 is 1.25. The van der Waals surface area contributed by atoms with E-state index in [1.807, 2.05) is 18.2 Å². The fourth-order valence-electron chi connectivity index (χ4n) is 3.45. The van der Waals surface area contributed by atoms with Gasteiger partial charge in [-0.2, -0.15) is 0 Å². The molecule has 0 saturated carbocycles. The summed E-state index contributed by atoms with van der Waals surface area (Å²) in [6, 6.07) is 15.2. The van der Waals surface area contributed by atoms with Crippen LogP contribution < -0.4 is 0 Å². The number of thiazole rings is 1. The van der Waals surface area contributed by atoms with E-state index < -0.39 is 0 Å². The van der Waals surface area contributed by atoms with Gasteiger partial charge in [-0.15, -0.1) is 11.3 Å². The summed E-state index contributed by atoms with van der Waals surface area (Å²) in [5, 5.41) is 12.0. The third kappa shape index (κ3) is 3.55. The van der Waals surface area contributed by atoms with Crippen LogP contribution in [0.4, 0.5) is 5.69 Å². The zero-order chi connectivity index (χ0) is 17.2. The Kier molecular flexibility index (Phi) is 4.46. The number of aromatic nitrogens is 1. The van der Waals surface area contributed by atoms with E-state index in [-0.39, 0.29) is 10.6 Å². The Bertz CT molecular complexity index is 858. The van der Waals surface area contributed by atoms with Gasteiger partial charge < -0.3 is 0 Å². The first-order valence-corrected chi connectivity index (χ1v) is 9.32. The number of hydrogen-bond donors (Lipinski definition) is 0. The van der Waals surface area contributed by atoms with Crippen molar-refractivity contribution in [2.24, 2.45) is 0 Å². The van der Waals surface area contributed by atoms with E-state index in [1.165, 1.54) is 16.1 Å². The van der Waals surface area contributed by atoms with Crippen LogP contribution in [0.5, 0.6) is 0 Å². The van der Waals surface area contributed by atoms with Crippen LogP contribution in [0.15, 0.2) is 48.5 Å². The van der Waals surface area contributed by atoms with Crippen molar-refractivity contribution in [1.82, 2.24) is 9.88 Å². The highest BCUT2D eigenvalue weighted by Crippen LogP contribution is 2.33. The molecule has 5 nitrogen and oxygen atoms in total. The van der Waals surface area contributed by atoms with Crippen LogP contribution in [0.25, 0.3) is 10.2 Å². The first-order chi connectivity index (χ1) is 12.2. The number of nitro benzene ring substituents is 1. The van der Waals surface area contributed by atoms with Crippen molar-refractivity contribution in [1.29, 1.82) is 0 Å². The van der Waals surface area contributed by atoms with Crippen LogP contribution in [0.2, 0.25) is 0 Å². The molecule has 1 aliphatic heterocycles. The lowest BCUT2D eigenvalue weighted by atomic mass is 9.98. The Morgan fingerprint density at radius 3 is 2.76 bits per heavy atom. The second-order valence-electron chi connectivity index (χ2n) is 6.52. The number of piperidine rings is 1. The van der Waals surface area contributed by atoms with Crippen molar-refractivity contribution < 1.29 is 4.92 Å². The van der Waals surface area contributed by atoms with Crippen molar-refractivity contribution >= 4 is 27.2 Å². The molecule has 2 heterocycles. The number of rotatable bonds is 4. The molecule has 0 unspecified atom stereocenters. The normalized spacial score (nSPS) is 18.5. The molecule has 0 radical (unpaired) electrons. The van der Waals surface area contributed by atoms with E-state index in [9.17, 15) is 10.1 Å². The molecule has 1 fully saturated rings. The highest BCUT2D eigenvalue weighted by atomic mass is 32.1. The van der Waals surface area contributed by atoms with E-state index >= 15 is 0 Å². The molecule has 0 spiro atoms. The van der Waals surface area contributed by atoms with Crippen molar-refractivity contribution in [3.05, 3.63) is 69.2 Å². The zero-order valence-electron chi connectivity index (χ0n) is 13.8. The van der Waals surface area contributed by atoms with Crippen molar-refractivity contribution in [2.45, 2.75) is 25.3 Å². The highest BCUT2D eigenvalue weighted by molar-refractivity contribution is 7.18. The minimum Gasteiger partial charge on any atom is -0.298 e. The highest BCUT2D eigenvalue weighted by Gasteiger charge is 2.24. The molecule has 0 N–H and O–H groups in total. The summed E-state index contributed by atoms with van der Waals surface area (Å²) in [5.41, 5.74) is 2.36. The number of fused-ring (bicyclic) bond motifs is 1. The number of nitrogens with zero attached hydrogens (tertiary/aromatic N) is 3. The summed E-state index contributed by atoms with van der Waals surface area (Å²) in [6.07, 6.45) is 2.34. The molecule has 1 saturated heterocycles. The summed E-state index contributed by atoms with van der Waals surface area (Å²) in [5.74, 6) is 0.476. The summed E-state index contributed by atoms with van der Waals surface area (Å²) in [4.78, 5) is 17.7. The second-order valence-corrected chi connectivity index (χ2v) is 7.58. The van der Waals surface area contributed by atoms with E-state index in [1.54, 1.807) is 23.5 Å². The number of hydrogen-bond acceptors (Lipinski definition) is 5. The smallest absolute Gasteiger partial charge is 0.269 e. The SMILES string of the molecule is O=[N+]([O-])c1ccc(CN2CCC[C@H](c3nc4ccccc4s3)C2)cc1. The molecule has 4 rings (SSSR count). The molecule has 0 bridgehead atoms. The minimum absolute atomic E-state index is 0.148. The lowest BCUT2D eigenvalue weighted by Crippen LogP contribution is -2.33. The number of benzene rings is 2. The molecule has 1 atom stereocenters. The van der Waals surface area contributed by atoms with Gasteiger partial charge in [0.15, 0.2) is 0 Å². The molecule has 1 aliphatic rings. The van der Waals surface area contributed by atoms with E-state index in [0.29, 0.717) is 5.92 Å². The van der Waals surface area contributed by atoms with Gasteiger partial charge in [-0.1, -0.05) is 24.3 Å². The first kappa shape index (κ1) is 16.2. The maximum atomic E-state index is 10.8. The van der Waals surface area contributed by atoms with E-state index in [0.717, 1.165) is 37.1 Å². The number of para-hydroxylation sites is 1. The molecule has 128 valence electrons. The third-order valence-corrected chi connectivity index (χ3v) is 5.92. The first-order valence-electron chi connectivity index (χ1n) is 8.50. The van der Waals surface area contributed by atoms with Gasteiger partial charge in [-0.3, -0.25) is 15.0 Å². The standard InChI is InChI=1S/C19H19N3O2S/c23-22(24)16-9-7-14(8-10-16)12-21-11-3-4-15(13-21)19-20-17-5-1-2-6-18(17)25-19/h1-2,5-10,15H,3-4,11-13H2/t15-/m0/s1. The predicted molar refractivity (Wildman–Crippen MR) is 100.0 cm³/mol. The summed E-state index contributed by atoms with van der Waals surface area (Å²) in [7, 11) is 0. The second kappa shape index (κ2) is 6.90. The number of non-ortho nitro benzene ring substituents is 1. The minimum atomic E-state index is -0.353. The molecule has 1 aromatic heterocycles. The van der Waals surface area contributed by atoms with Gasteiger partial charge in [0, 0.05) is 31.1 Å². The van der Waals surface area contributed by atoms with Crippen molar-refractivity contribution in [3.63, 3.8) is 0 Å². The maximum Gasteiger partial charge on any atom is 0.269 e. The Balaban J connectivity index is 1.46. The number of nitro groups is 1. The van der Waals surface area contributed by atoms with Gasteiger partial charge in [-0.05, 0) is 37.1 Å². The van der Waals surface area contributed by atoms with Gasteiger partial charge in [0.25, 0.3) is 5.69 Å². The quantitative estimate of drug-likeness (QED) is 0.509. The Labute approximate surface area is 150 Å². The molecule has 3 aromatic rings. The fourth-order valence-corrected chi connectivity index (χ4v) is 4.54. The van der Waals surface area contributed by atoms with Crippen molar-refractivity contribution in [2.75, 3.05) is 13.1 Å². The molecule has 2 aromatic carbocycles. The largest absolute Gasteiger partial charge is 0.298 e. The summed E-state index contributed by atoms with van der Waals surface area (Å²) in [6.45, 7) is 2.90. The van der Waals surface area contributed by atoms with E-state index in [2.05, 4.69) is 23.1 Å². The van der Waals surface area contributed by atoms with E-state index in [4.69, 9.17) is 4.98 Å². The molecule has 0 amide bonds. The predicted octanol–water partition coefficient (Wildman–Crippen LogP) is 4.58. The molecule has 0 aliphatic carbocycles. The van der Waals surface area contributed by atoms with Gasteiger partial charge in [0.05, 0.1) is 20.1 Å². The van der Waals surface area contributed by atoms with Crippen LogP contribution in [-0.4, -0.2) is 27.9 Å². The lowest BCUT2D eigenvalue weighted by Gasteiger charge is -2.31. The Morgan fingerprint density at radius 2 is 2.00 bits per heavy atom. The van der Waals surface area contributed by atoms with Gasteiger partial charge in [0.2, 0.25) is 0 Å². The number of likely N-dealkylation sites (tertiary alicyclic amines) is 1. The zero-order valence-corrected chi connectivity index (χ0v) is 14.6. The van der Waals surface area contributed by atoms with Crippen molar-refractivity contribution in [3.8, 4) is 0 Å². The Morgan fingerprint density at radius 1 is 1.20 bits per heavy atom. The average Bonchev–Trinajstić information content (AvgIpc) is 3.07. The third-order valence-electron chi connectivity index (χ3n) is 4.72. The van der Waals surface area contributed by atoms with Crippen LogP contribution in [0, 0.1) is 10.1 Å². The lowest BCUT2D eigenvalue weighted by molar-refractivity contribution is -0.384. The monoisotopic (exact) mass is 353 g/mol. The van der Waals surface area contributed by atoms with Crippen LogP contribution in [0.3, 0.4) is 0 Å². The maximum absolute atomic E-state index is 10.8. The molecule has 6 heteroatoms. The van der Waals surface area contributed by atoms with Gasteiger partial charge in [-0.25, -0.2) is 4.98 Å².